The van der Waals surface area contributed by atoms with Gasteiger partial charge >= 0.3 is 0 Å². The van der Waals surface area contributed by atoms with E-state index in [1.807, 2.05) is 12.1 Å². The average molecular weight is 300 g/mol. The number of rotatable bonds is 4. The second-order valence-electron chi connectivity index (χ2n) is 5.85. The van der Waals surface area contributed by atoms with Crippen LogP contribution >= 0.6 is 0 Å². The van der Waals surface area contributed by atoms with Crippen molar-refractivity contribution in [2.45, 2.75) is 32.4 Å². The highest BCUT2D eigenvalue weighted by Crippen LogP contribution is 2.28. The molecule has 3 rings (SSSR count). The average Bonchev–Trinajstić information content (AvgIpc) is 3.09. The minimum absolute atomic E-state index is 0.183. The third-order valence-corrected chi connectivity index (χ3v) is 4.47. The van der Waals surface area contributed by atoms with Gasteiger partial charge in [-0.2, -0.15) is 0 Å². The van der Waals surface area contributed by atoms with Gasteiger partial charge in [0.05, 0.1) is 18.5 Å². The second-order valence-corrected chi connectivity index (χ2v) is 5.85. The highest BCUT2D eigenvalue weighted by Gasteiger charge is 2.19. The molecule has 3 nitrogen and oxygen atoms in total. The molecule has 0 saturated carbocycles. The zero-order chi connectivity index (χ0) is 15.5. The van der Waals surface area contributed by atoms with Crippen LogP contribution in [0.25, 0.3) is 11.1 Å². The molecule has 0 radical (unpaired) electrons. The standard InChI is InChI=1S/C18H21FN2O/c1-13(21-8-2-3-9-21)14-4-6-15(7-5-14)17-10-16(12-22)20-11-18(17)19/h4-7,10-11,13,22H,2-3,8-9,12H2,1H3/t13-/m1/s1. The molecule has 1 aromatic carbocycles. The summed E-state index contributed by atoms with van der Waals surface area (Å²) < 4.78 is 13.9. The molecule has 0 bridgehead atoms. The third kappa shape index (κ3) is 3.03. The fourth-order valence-electron chi connectivity index (χ4n) is 3.07. The van der Waals surface area contributed by atoms with E-state index in [-0.39, 0.29) is 12.4 Å². The molecule has 2 aromatic rings. The van der Waals surface area contributed by atoms with Gasteiger partial charge in [-0.1, -0.05) is 24.3 Å². The van der Waals surface area contributed by atoms with Crippen LogP contribution in [0.1, 0.15) is 37.1 Å². The van der Waals surface area contributed by atoms with Gasteiger partial charge < -0.3 is 5.11 Å². The Balaban J connectivity index is 1.84. The Morgan fingerprint density at radius 1 is 1.23 bits per heavy atom. The zero-order valence-electron chi connectivity index (χ0n) is 12.8. The lowest BCUT2D eigenvalue weighted by Gasteiger charge is -2.24. The minimum Gasteiger partial charge on any atom is -0.390 e. The van der Waals surface area contributed by atoms with Crippen molar-refractivity contribution in [3.8, 4) is 11.1 Å². The summed E-state index contributed by atoms with van der Waals surface area (Å²) in [5, 5.41) is 9.15. The van der Waals surface area contributed by atoms with Crippen molar-refractivity contribution in [2.24, 2.45) is 0 Å². The van der Waals surface area contributed by atoms with Gasteiger partial charge in [0.15, 0.2) is 0 Å². The number of aliphatic hydroxyl groups excluding tert-OH is 1. The Bertz CT molecular complexity index is 636. The maximum atomic E-state index is 13.9. The first-order valence-corrected chi connectivity index (χ1v) is 7.78. The van der Waals surface area contributed by atoms with Crippen molar-refractivity contribution in [3.63, 3.8) is 0 Å². The van der Waals surface area contributed by atoms with Gasteiger partial charge in [0.1, 0.15) is 5.82 Å². The SMILES string of the molecule is C[C@H](c1ccc(-c2cc(CO)ncc2F)cc1)N1CCCC1. The number of likely N-dealkylation sites (tertiary alicyclic amines) is 1. The number of benzene rings is 1. The van der Waals surface area contributed by atoms with E-state index in [0.717, 1.165) is 18.7 Å². The van der Waals surface area contributed by atoms with E-state index in [2.05, 4.69) is 28.9 Å². The minimum atomic E-state index is -0.363. The number of nitrogens with zero attached hydrogens (tertiary/aromatic N) is 2. The second kappa shape index (κ2) is 6.55. The van der Waals surface area contributed by atoms with E-state index in [1.165, 1.54) is 24.6 Å². The number of hydrogen-bond donors (Lipinski definition) is 1. The van der Waals surface area contributed by atoms with Gasteiger partial charge in [-0.15, -0.1) is 0 Å². The Kier molecular flexibility index (Phi) is 4.50. The van der Waals surface area contributed by atoms with Crippen molar-refractivity contribution >= 4 is 0 Å². The number of pyridine rings is 1. The lowest BCUT2D eigenvalue weighted by molar-refractivity contribution is 0.263. The summed E-state index contributed by atoms with van der Waals surface area (Å²) in [7, 11) is 0. The highest BCUT2D eigenvalue weighted by atomic mass is 19.1. The smallest absolute Gasteiger partial charge is 0.149 e. The molecule has 0 amide bonds. The maximum Gasteiger partial charge on any atom is 0.149 e. The van der Waals surface area contributed by atoms with Crippen LogP contribution < -0.4 is 0 Å². The Morgan fingerprint density at radius 2 is 1.91 bits per heavy atom. The van der Waals surface area contributed by atoms with E-state index in [4.69, 9.17) is 5.11 Å². The molecule has 0 spiro atoms. The zero-order valence-corrected chi connectivity index (χ0v) is 12.8. The molecular formula is C18H21FN2O. The Hall–Kier alpha value is -1.78. The van der Waals surface area contributed by atoms with Gasteiger partial charge in [-0.3, -0.25) is 9.88 Å². The molecule has 2 heterocycles. The first-order chi connectivity index (χ1) is 10.7. The van der Waals surface area contributed by atoms with Crippen molar-refractivity contribution < 1.29 is 9.50 Å². The van der Waals surface area contributed by atoms with Crippen LogP contribution in [0.5, 0.6) is 0 Å². The highest BCUT2D eigenvalue weighted by molar-refractivity contribution is 5.64. The van der Waals surface area contributed by atoms with Gasteiger partial charge in [0.25, 0.3) is 0 Å². The third-order valence-electron chi connectivity index (χ3n) is 4.47. The van der Waals surface area contributed by atoms with E-state index in [0.29, 0.717) is 17.3 Å². The Morgan fingerprint density at radius 3 is 2.55 bits per heavy atom. The molecular weight excluding hydrogens is 279 g/mol. The largest absolute Gasteiger partial charge is 0.390 e. The predicted octanol–water partition coefficient (Wildman–Crippen LogP) is 3.54. The van der Waals surface area contributed by atoms with Crippen molar-refractivity contribution in [1.29, 1.82) is 0 Å². The summed E-state index contributed by atoms with van der Waals surface area (Å²) in [4.78, 5) is 6.33. The lowest BCUT2D eigenvalue weighted by atomic mass is 10.0. The molecule has 0 unspecified atom stereocenters. The molecule has 1 saturated heterocycles. The van der Waals surface area contributed by atoms with Gasteiger partial charge in [-0.05, 0) is 50.0 Å². The summed E-state index contributed by atoms with van der Waals surface area (Å²) in [5.41, 5.74) is 3.03. The molecule has 116 valence electrons. The van der Waals surface area contributed by atoms with Gasteiger partial charge in [-0.25, -0.2) is 4.39 Å². The van der Waals surface area contributed by atoms with Gasteiger partial charge in [0, 0.05) is 11.6 Å². The van der Waals surface area contributed by atoms with Crippen molar-refractivity contribution in [1.82, 2.24) is 9.88 Å². The van der Waals surface area contributed by atoms with Crippen LogP contribution in [-0.4, -0.2) is 28.1 Å². The number of halogens is 1. The van der Waals surface area contributed by atoms with E-state index < -0.39 is 0 Å². The summed E-state index contributed by atoms with van der Waals surface area (Å²) >= 11 is 0. The molecule has 22 heavy (non-hydrogen) atoms. The molecule has 0 aliphatic carbocycles. The maximum absolute atomic E-state index is 13.9. The fourth-order valence-corrected chi connectivity index (χ4v) is 3.07. The normalized spacial score (nSPS) is 16.9. The van der Waals surface area contributed by atoms with E-state index >= 15 is 0 Å². The monoisotopic (exact) mass is 300 g/mol. The molecule has 1 atom stereocenters. The van der Waals surface area contributed by atoms with Crippen LogP contribution in [0.3, 0.4) is 0 Å². The first-order valence-electron chi connectivity index (χ1n) is 7.78. The van der Waals surface area contributed by atoms with Gasteiger partial charge in [0.2, 0.25) is 0 Å². The summed E-state index contributed by atoms with van der Waals surface area (Å²) in [6.45, 7) is 4.35. The molecule has 1 aliphatic rings. The number of aromatic nitrogens is 1. The van der Waals surface area contributed by atoms with Crippen molar-refractivity contribution in [2.75, 3.05) is 13.1 Å². The van der Waals surface area contributed by atoms with Crippen LogP contribution in [0.2, 0.25) is 0 Å². The first kappa shape index (κ1) is 15.1. The predicted molar refractivity (Wildman–Crippen MR) is 84.8 cm³/mol. The summed E-state index contributed by atoms with van der Waals surface area (Å²) in [6, 6.07) is 10.0. The van der Waals surface area contributed by atoms with Crippen LogP contribution in [-0.2, 0) is 6.61 Å². The quantitative estimate of drug-likeness (QED) is 0.938. The molecule has 1 aliphatic heterocycles. The van der Waals surface area contributed by atoms with E-state index in [1.54, 1.807) is 6.07 Å². The number of aliphatic hydroxyl groups is 1. The summed E-state index contributed by atoms with van der Waals surface area (Å²) in [5.74, 6) is -0.363. The fraction of sp³-hybridized carbons (Fsp3) is 0.389. The molecule has 1 fully saturated rings. The topological polar surface area (TPSA) is 36.4 Å². The Labute approximate surface area is 130 Å². The molecule has 1 aromatic heterocycles. The van der Waals surface area contributed by atoms with Crippen LogP contribution in [0.15, 0.2) is 36.5 Å². The van der Waals surface area contributed by atoms with Crippen molar-refractivity contribution in [3.05, 3.63) is 53.6 Å². The summed E-state index contributed by atoms with van der Waals surface area (Å²) in [6.07, 6.45) is 3.71. The lowest BCUT2D eigenvalue weighted by Crippen LogP contribution is -2.23. The molecule has 4 heteroatoms. The van der Waals surface area contributed by atoms with E-state index in [9.17, 15) is 4.39 Å². The van der Waals surface area contributed by atoms with Crippen LogP contribution in [0, 0.1) is 5.82 Å². The van der Waals surface area contributed by atoms with Crippen LogP contribution in [0.4, 0.5) is 4.39 Å². The number of hydrogen-bond acceptors (Lipinski definition) is 3. The molecule has 1 N–H and O–H groups in total.